The maximum atomic E-state index is 12.3. The van der Waals surface area contributed by atoms with Gasteiger partial charge in [0.1, 0.15) is 6.10 Å². The molecule has 0 aromatic rings. The van der Waals surface area contributed by atoms with Gasteiger partial charge in [-0.3, -0.25) is 0 Å². The number of ether oxygens (including phenoxy) is 3. The van der Waals surface area contributed by atoms with Crippen LogP contribution in [-0.4, -0.2) is 35.5 Å². The van der Waals surface area contributed by atoms with Crippen LogP contribution in [0, 0.1) is 11.3 Å². The van der Waals surface area contributed by atoms with Crippen molar-refractivity contribution in [1.29, 1.82) is 0 Å². The predicted molar refractivity (Wildman–Crippen MR) is 86.8 cm³/mol. The Balaban J connectivity index is 1.60. The molecule has 0 saturated carbocycles. The lowest BCUT2D eigenvalue weighted by atomic mass is 9.72. The van der Waals surface area contributed by atoms with E-state index in [-0.39, 0.29) is 5.41 Å². The molecule has 25 heavy (non-hydrogen) atoms. The molecule has 1 saturated heterocycles. The fourth-order valence-electron chi connectivity index (χ4n) is 4.49. The van der Waals surface area contributed by atoms with Gasteiger partial charge < -0.3 is 19.3 Å². The Bertz CT molecular complexity index is 741. The molecule has 2 heterocycles. The third-order valence-corrected chi connectivity index (χ3v) is 5.72. The second kappa shape index (κ2) is 5.46. The standard InChI is InChI=1S/C19H22O6/c1-9-7-12(24-17(9)21)23-8-11-13-15(20)10-5-4-6-19(2,3)14(10)16(13)25-18(11)22/h7-8,12-13,15-16,20H,4-6H2,1-3H3/b11-8+/t12-,13+,15?,16+/m1/s1. The van der Waals surface area contributed by atoms with Crippen molar-refractivity contribution in [2.24, 2.45) is 11.3 Å². The van der Waals surface area contributed by atoms with Gasteiger partial charge in [-0.1, -0.05) is 13.8 Å². The Morgan fingerprint density at radius 1 is 1.28 bits per heavy atom. The Hall–Kier alpha value is -2.08. The van der Waals surface area contributed by atoms with E-state index in [0.717, 1.165) is 30.4 Å². The number of fused-ring (bicyclic) bond motifs is 2. The highest BCUT2D eigenvalue weighted by molar-refractivity contribution is 5.93. The Labute approximate surface area is 146 Å². The van der Waals surface area contributed by atoms with Gasteiger partial charge in [0.05, 0.1) is 23.9 Å². The molecule has 0 spiro atoms. The van der Waals surface area contributed by atoms with Crippen LogP contribution in [0.4, 0.5) is 0 Å². The molecular formula is C19H22O6. The molecule has 0 radical (unpaired) electrons. The molecule has 1 fully saturated rings. The van der Waals surface area contributed by atoms with E-state index in [1.165, 1.54) is 6.26 Å². The molecule has 1 unspecified atom stereocenters. The summed E-state index contributed by atoms with van der Waals surface area (Å²) in [5.41, 5.74) is 2.75. The van der Waals surface area contributed by atoms with E-state index in [0.29, 0.717) is 11.1 Å². The molecule has 0 aromatic carbocycles. The SMILES string of the molecule is CC1=C[C@H](O/C=C2/C(=O)O[C@@H]3C4=C(CCCC4(C)C)C(O)[C@H]23)OC1=O. The fraction of sp³-hybridized carbons (Fsp3) is 0.579. The summed E-state index contributed by atoms with van der Waals surface area (Å²) in [7, 11) is 0. The largest absolute Gasteiger partial charge is 0.458 e. The molecule has 1 N–H and O–H groups in total. The van der Waals surface area contributed by atoms with Crippen molar-refractivity contribution < 1.29 is 28.9 Å². The minimum Gasteiger partial charge on any atom is -0.458 e. The number of cyclic esters (lactones) is 1. The van der Waals surface area contributed by atoms with E-state index < -0.39 is 36.4 Å². The maximum Gasteiger partial charge on any atom is 0.338 e. The zero-order valence-electron chi connectivity index (χ0n) is 14.6. The van der Waals surface area contributed by atoms with E-state index in [1.54, 1.807) is 13.0 Å². The normalized spacial score (nSPS) is 37.6. The molecule has 6 nitrogen and oxygen atoms in total. The molecule has 134 valence electrons. The predicted octanol–water partition coefficient (Wildman–Crippen LogP) is 2.14. The summed E-state index contributed by atoms with van der Waals surface area (Å²) in [4.78, 5) is 23.7. The van der Waals surface area contributed by atoms with E-state index in [1.807, 2.05) is 0 Å². The summed E-state index contributed by atoms with van der Waals surface area (Å²) >= 11 is 0. The summed E-state index contributed by atoms with van der Waals surface area (Å²) in [6.45, 7) is 5.90. The molecule has 0 aromatic heterocycles. The zero-order valence-corrected chi connectivity index (χ0v) is 14.6. The van der Waals surface area contributed by atoms with Gasteiger partial charge in [-0.05, 0) is 42.7 Å². The number of aliphatic hydroxyl groups excluding tert-OH is 1. The molecule has 4 rings (SSSR count). The van der Waals surface area contributed by atoms with E-state index in [9.17, 15) is 14.7 Å². The first-order valence-corrected chi connectivity index (χ1v) is 8.67. The van der Waals surface area contributed by atoms with E-state index >= 15 is 0 Å². The molecular weight excluding hydrogens is 324 g/mol. The smallest absolute Gasteiger partial charge is 0.338 e. The van der Waals surface area contributed by atoms with Crippen molar-refractivity contribution in [3.05, 3.63) is 34.6 Å². The van der Waals surface area contributed by atoms with Crippen molar-refractivity contribution >= 4 is 11.9 Å². The van der Waals surface area contributed by atoms with Crippen molar-refractivity contribution in [1.82, 2.24) is 0 Å². The molecule has 0 amide bonds. The van der Waals surface area contributed by atoms with Crippen LogP contribution in [0.3, 0.4) is 0 Å². The molecule has 6 heteroatoms. The van der Waals surface area contributed by atoms with Crippen molar-refractivity contribution in [2.75, 3.05) is 0 Å². The molecule has 4 atom stereocenters. The summed E-state index contributed by atoms with van der Waals surface area (Å²) < 4.78 is 16.1. The molecule has 4 aliphatic rings. The average molecular weight is 346 g/mol. The number of carbonyl (C=O) groups excluding carboxylic acids is 2. The lowest BCUT2D eigenvalue weighted by molar-refractivity contribution is -0.152. The molecule has 0 bridgehead atoms. The summed E-state index contributed by atoms with van der Waals surface area (Å²) in [6.07, 6.45) is 3.70. The van der Waals surface area contributed by atoms with Crippen molar-refractivity contribution in [3.8, 4) is 0 Å². The van der Waals surface area contributed by atoms with Gasteiger partial charge >= 0.3 is 11.9 Å². The first kappa shape index (κ1) is 16.4. The van der Waals surface area contributed by atoms with Gasteiger partial charge in [-0.15, -0.1) is 0 Å². The van der Waals surface area contributed by atoms with Crippen LogP contribution in [0.1, 0.15) is 40.0 Å². The number of carbonyl (C=O) groups is 2. The van der Waals surface area contributed by atoms with E-state index in [2.05, 4.69) is 13.8 Å². The van der Waals surface area contributed by atoms with Gasteiger partial charge in [-0.2, -0.15) is 0 Å². The lowest BCUT2D eigenvalue weighted by Gasteiger charge is -2.34. The Kier molecular flexibility index (Phi) is 3.58. The van der Waals surface area contributed by atoms with Gasteiger partial charge in [0.25, 0.3) is 6.29 Å². The third-order valence-electron chi connectivity index (χ3n) is 5.72. The number of esters is 2. The summed E-state index contributed by atoms with van der Waals surface area (Å²) in [6, 6.07) is 0. The van der Waals surface area contributed by atoms with Gasteiger partial charge in [0.2, 0.25) is 0 Å². The minimum atomic E-state index is -0.843. The molecule has 2 aliphatic heterocycles. The Morgan fingerprint density at radius 3 is 2.72 bits per heavy atom. The summed E-state index contributed by atoms with van der Waals surface area (Å²) in [5, 5.41) is 10.8. The third kappa shape index (κ3) is 2.42. The fourth-order valence-corrected chi connectivity index (χ4v) is 4.49. The zero-order chi connectivity index (χ0) is 17.9. The number of rotatable bonds is 2. The highest BCUT2D eigenvalue weighted by atomic mass is 16.7. The number of hydrogen-bond donors (Lipinski definition) is 1. The average Bonchev–Trinajstić information content (AvgIpc) is 3.11. The second-order valence-electron chi connectivity index (χ2n) is 7.81. The number of aliphatic hydroxyl groups is 1. The van der Waals surface area contributed by atoms with Crippen LogP contribution in [-0.2, 0) is 23.8 Å². The lowest BCUT2D eigenvalue weighted by Crippen LogP contribution is -2.27. The van der Waals surface area contributed by atoms with Gasteiger partial charge in [0.15, 0.2) is 0 Å². The van der Waals surface area contributed by atoms with Crippen molar-refractivity contribution in [3.63, 3.8) is 0 Å². The van der Waals surface area contributed by atoms with Crippen LogP contribution < -0.4 is 0 Å². The van der Waals surface area contributed by atoms with Crippen LogP contribution in [0.25, 0.3) is 0 Å². The first-order valence-electron chi connectivity index (χ1n) is 8.67. The van der Waals surface area contributed by atoms with E-state index in [4.69, 9.17) is 14.2 Å². The summed E-state index contributed by atoms with van der Waals surface area (Å²) in [5.74, 6) is -1.36. The number of hydrogen-bond acceptors (Lipinski definition) is 6. The van der Waals surface area contributed by atoms with Crippen LogP contribution in [0.15, 0.2) is 34.6 Å². The first-order chi connectivity index (χ1) is 11.8. The highest BCUT2D eigenvalue weighted by Gasteiger charge is 2.56. The van der Waals surface area contributed by atoms with Gasteiger partial charge in [-0.25, -0.2) is 9.59 Å². The molecule has 2 aliphatic carbocycles. The van der Waals surface area contributed by atoms with Crippen LogP contribution >= 0.6 is 0 Å². The van der Waals surface area contributed by atoms with Crippen LogP contribution in [0.5, 0.6) is 0 Å². The topological polar surface area (TPSA) is 82.1 Å². The highest BCUT2D eigenvalue weighted by Crippen LogP contribution is 2.54. The second-order valence-corrected chi connectivity index (χ2v) is 7.81. The van der Waals surface area contributed by atoms with Crippen LogP contribution in [0.2, 0.25) is 0 Å². The van der Waals surface area contributed by atoms with Crippen molar-refractivity contribution in [2.45, 2.75) is 58.5 Å². The maximum absolute atomic E-state index is 12.3. The Morgan fingerprint density at radius 2 is 2.04 bits per heavy atom. The quantitative estimate of drug-likeness (QED) is 0.357. The minimum absolute atomic E-state index is 0.0919. The van der Waals surface area contributed by atoms with Gasteiger partial charge in [0, 0.05) is 11.6 Å². The monoisotopic (exact) mass is 346 g/mol.